The van der Waals surface area contributed by atoms with Gasteiger partial charge in [0.1, 0.15) is 10.7 Å². The number of rotatable bonds is 3. The first kappa shape index (κ1) is 22.0. The monoisotopic (exact) mass is 510 g/mol. The fourth-order valence-electron chi connectivity index (χ4n) is 2.48. The van der Waals surface area contributed by atoms with Gasteiger partial charge in [0.05, 0.1) is 26.3 Å². The van der Waals surface area contributed by atoms with Gasteiger partial charge in [-0.15, -0.1) is 0 Å². The molecule has 29 heavy (non-hydrogen) atoms. The maximum Gasteiger partial charge on any atom is 0.326 e. The Kier molecular flexibility index (Phi) is 6.53. The number of hydrogen-bond acceptors (Lipinski definition) is 3. The number of urea groups is 1. The molecular formula is C17H8Cl6N4O2. The van der Waals surface area contributed by atoms with Crippen LogP contribution in [-0.4, -0.2) is 21.7 Å². The molecule has 0 saturated heterocycles. The fraction of sp³-hybridized carbons (Fsp3) is 0. The van der Waals surface area contributed by atoms with Crippen molar-refractivity contribution in [2.24, 2.45) is 5.73 Å². The molecule has 2 aromatic carbocycles. The lowest BCUT2D eigenvalue weighted by molar-refractivity contribution is 0.0995. The van der Waals surface area contributed by atoms with Gasteiger partial charge in [0.2, 0.25) is 0 Å². The van der Waals surface area contributed by atoms with Gasteiger partial charge < -0.3 is 5.73 Å². The molecule has 0 aliphatic carbocycles. The second-order valence-corrected chi connectivity index (χ2v) is 7.76. The molecule has 2 N–H and O–H groups in total. The quantitative estimate of drug-likeness (QED) is 0.406. The van der Waals surface area contributed by atoms with E-state index in [4.69, 9.17) is 75.3 Å². The predicted octanol–water partition coefficient (Wildman–Crippen LogP) is 6.52. The van der Waals surface area contributed by atoms with Crippen LogP contribution in [0.2, 0.25) is 30.4 Å². The molecule has 3 aromatic rings. The summed E-state index contributed by atoms with van der Waals surface area (Å²) in [7, 11) is 0. The van der Waals surface area contributed by atoms with Gasteiger partial charge in [0, 0.05) is 0 Å². The number of hydrogen-bond donors (Lipinski definition) is 1. The molecule has 1 aromatic heterocycles. The van der Waals surface area contributed by atoms with Crippen LogP contribution >= 0.6 is 69.6 Å². The first-order valence-electron chi connectivity index (χ1n) is 7.61. The van der Waals surface area contributed by atoms with Crippen LogP contribution in [0.25, 0.3) is 5.69 Å². The zero-order valence-corrected chi connectivity index (χ0v) is 18.5. The Hall–Kier alpha value is -1.67. The van der Waals surface area contributed by atoms with E-state index in [2.05, 4.69) is 5.10 Å². The molecule has 0 aliphatic heterocycles. The molecule has 0 radical (unpaired) electrons. The van der Waals surface area contributed by atoms with E-state index >= 15 is 0 Å². The van der Waals surface area contributed by atoms with Crippen LogP contribution in [0, 0.1) is 0 Å². The normalized spacial score (nSPS) is 10.8. The lowest BCUT2D eigenvalue weighted by atomic mass is 10.1. The molecule has 0 aliphatic rings. The lowest BCUT2D eigenvalue weighted by Gasteiger charge is -2.20. The largest absolute Gasteiger partial charge is 0.351 e. The van der Waals surface area contributed by atoms with Gasteiger partial charge in [0.15, 0.2) is 10.3 Å². The number of aromatic nitrogens is 2. The van der Waals surface area contributed by atoms with Gasteiger partial charge in [-0.05, 0) is 18.2 Å². The van der Waals surface area contributed by atoms with Crippen LogP contribution in [0.1, 0.15) is 10.4 Å². The fourth-order valence-corrected chi connectivity index (χ4v) is 3.86. The van der Waals surface area contributed by atoms with Crippen molar-refractivity contribution >= 4 is 87.2 Å². The van der Waals surface area contributed by atoms with Crippen LogP contribution in [0.3, 0.4) is 0 Å². The SMILES string of the molecule is NC(=O)N(C(=O)c1cc(Cl)c(-n2nc(Cl)c(Cl)c2Cl)c(Cl)c1Cl)c1ccccc1. The summed E-state index contributed by atoms with van der Waals surface area (Å²) < 4.78 is 1.08. The standard InChI is InChI=1S/C17H8Cl6N4O2/c18-9-6-8(16(28)26(17(24)29)7-4-2-1-3-5-7)10(19)11(20)13(9)27-15(23)12(21)14(22)25-27/h1-6H,(H2,24,29). The Morgan fingerprint density at radius 1 is 0.931 bits per heavy atom. The van der Waals surface area contributed by atoms with Gasteiger partial charge in [-0.2, -0.15) is 5.10 Å². The smallest absolute Gasteiger partial charge is 0.326 e. The van der Waals surface area contributed by atoms with Crippen molar-refractivity contribution in [3.63, 3.8) is 0 Å². The average Bonchev–Trinajstić information content (AvgIpc) is 2.92. The second-order valence-electron chi connectivity index (χ2n) is 5.50. The van der Waals surface area contributed by atoms with E-state index in [-0.39, 0.29) is 47.3 Å². The molecule has 150 valence electrons. The minimum absolute atomic E-state index is 0.0132. The van der Waals surface area contributed by atoms with Crippen molar-refractivity contribution in [3.05, 3.63) is 72.4 Å². The van der Waals surface area contributed by atoms with E-state index in [1.165, 1.54) is 18.2 Å². The highest BCUT2D eigenvalue weighted by atomic mass is 35.5. The number of carbonyl (C=O) groups excluding carboxylic acids is 2. The van der Waals surface area contributed by atoms with Crippen LogP contribution in [0.4, 0.5) is 10.5 Å². The van der Waals surface area contributed by atoms with Gasteiger partial charge in [-0.1, -0.05) is 87.8 Å². The minimum Gasteiger partial charge on any atom is -0.351 e. The zero-order valence-electron chi connectivity index (χ0n) is 14.0. The van der Waals surface area contributed by atoms with Crippen LogP contribution in [0.5, 0.6) is 0 Å². The molecule has 3 amide bonds. The summed E-state index contributed by atoms with van der Waals surface area (Å²) in [4.78, 5) is 25.7. The summed E-state index contributed by atoms with van der Waals surface area (Å²) in [6.07, 6.45) is 0. The topological polar surface area (TPSA) is 81.2 Å². The van der Waals surface area contributed by atoms with Crippen molar-refractivity contribution < 1.29 is 9.59 Å². The third-order valence-corrected chi connectivity index (χ3v) is 6.06. The number of nitrogens with zero attached hydrogens (tertiary/aromatic N) is 3. The van der Waals surface area contributed by atoms with Gasteiger partial charge in [-0.3, -0.25) is 4.79 Å². The van der Waals surface area contributed by atoms with Crippen LogP contribution < -0.4 is 10.6 Å². The Morgan fingerprint density at radius 2 is 1.55 bits per heavy atom. The van der Waals surface area contributed by atoms with Gasteiger partial charge in [0.25, 0.3) is 5.91 Å². The van der Waals surface area contributed by atoms with Crippen molar-refractivity contribution in [3.8, 4) is 5.69 Å². The number of halogens is 6. The molecule has 0 spiro atoms. The Balaban J connectivity index is 2.16. The van der Waals surface area contributed by atoms with Crippen LogP contribution in [-0.2, 0) is 0 Å². The number of para-hydroxylation sites is 1. The maximum absolute atomic E-state index is 13.0. The van der Waals surface area contributed by atoms with Crippen molar-refractivity contribution in [1.29, 1.82) is 0 Å². The van der Waals surface area contributed by atoms with E-state index in [1.54, 1.807) is 18.2 Å². The lowest BCUT2D eigenvalue weighted by Crippen LogP contribution is -2.41. The van der Waals surface area contributed by atoms with Crippen molar-refractivity contribution in [2.45, 2.75) is 0 Å². The van der Waals surface area contributed by atoms with E-state index < -0.39 is 11.9 Å². The molecule has 1 heterocycles. The number of benzene rings is 2. The van der Waals surface area contributed by atoms with Gasteiger partial charge in [-0.25, -0.2) is 14.4 Å². The highest BCUT2D eigenvalue weighted by Crippen LogP contribution is 2.41. The van der Waals surface area contributed by atoms with E-state index in [1.807, 2.05) is 0 Å². The van der Waals surface area contributed by atoms with Crippen molar-refractivity contribution in [2.75, 3.05) is 4.90 Å². The van der Waals surface area contributed by atoms with Crippen LogP contribution in [0.15, 0.2) is 36.4 Å². The predicted molar refractivity (Wildman–Crippen MR) is 116 cm³/mol. The molecular weight excluding hydrogens is 505 g/mol. The van der Waals surface area contributed by atoms with E-state index in [9.17, 15) is 9.59 Å². The summed E-state index contributed by atoms with van der Waals surface area (Å²) in [5.74, 6) is -0.827. The third-order valence-electron chi connectivity index (χ3n) is 3.75. The van der Waals surface area contributed by atoms with Crippen molar-refractivity contribution in [1.82, 2.24) is 9.78 Å². The minimum atomic E-state index is -1.01. The summed E-state index contributed by atoms with van der Waals surface area (Å²) in [6, 6.07) is 8.25. The summed E-state index contributed by atoms with van der Waals surface area (Å²) in [5, 5.41) is 3.40. The first-order chi connectivity index (χ1) is 13.6. The number of anilines is 1. The molecule has 0 saturated carbocycles. The second kappa shape index (κ2) is 8.60. The highest BCUT2D eigenvalue weighted by molar-refractivity contribution is 6.49. The molecule has 0 unspecified atom stereocenters. The third kappa shape index (κ3) is 4.01. The Bertz CT molecular complexity index is 1130. The van der Waals surface area contributed by atoms with E-state index in [0.29, 0.717) is 0 Å². The molecule has 6 nitrogen and oxygen atoms in total. The number of carbonyl (C=O) groups is 2. The number of nitrogens with two attached hydrogens (primary N) is 1. The average molecular weight is 513 g/mol. The summed E-state index contributed by atoms with van der Waals surface area (Å²) >= 11 is 36.9. The summed E-state index contributed by atoms with van der Waals surface area (Å²) in [5.41, 5.74) is 5.53. The van der Waals surface area contributed by atoms with Gasteiger partial charge >= 0.3 is 6.03 Å². The number of imide groups is 1. The molecule has 3 rings (SSSR count). The summed E-state index contributed by atoms with van der Waals surface area (Å²) in [6.45, 7) is 0. The first-order valence-corrected chi connectivity index (χ1v) is 9.88. The number of primary amides is 1. The molecule has 0 bridgehead atoms. The zero-order chi connectivity index (χ0) is 21.5. The maximum atomic E-state index is 13.0. The number of amides is 3. The highest BCUT2D eigenvalue weighted by Gasteiger charge is 2.29. The van der Waals surface area contributed by atoms with E-state index in [0.717, 1.165) is 9.58 Å². The molecule has 12 heteroatoms. The Morgan fingerprint density at radius 3 is 2.07 bits per heavy atom. The molecule has 0 fully saturated rings. The Labute approximate surface area is 194 Å². The molecule has 0 atom stereocenters.